The molecule has 0 aromatic heterocycles. The molecule has 3 N–H and O–H groups in total. The van der Waals surface area contributed by atoms with E-state index in [-0.39, 0.29) is 17.9 Å². The Balaban J connectivity index is 2.42. The molecule has 1 atom stereocenters. The number of carboxylic acids is 1. The summed E-state index contributed by atoms with van der Waals surface area (Å²) in [4.78, 5) is 22.7. The molecular formula is C16H24N2O3. The molecule has 1 aromatic carbocycles. The van der Waals surface area contributed by atoms with Crippen LogP contribution in [0.25, 0.3) is 0 Å². The topological polar surface area (TPSA) is 78.4 Å². The molecule has 0 radical (unpaired) electrons. The number of aliphatic carboxylic acids is 1. The van der Waals surface area contributed by atoms with Crippen molar-refractivity contribution in [3.8, 4) is 0 Å². The lowest BCUT2D eigenvalue weighted by molar-refractivity contribution is -0.138. The van der Waals surface area contributed by atoms with Crippen molar-refractivity contribution >= 4 is 12.0 Å². The van der Waals surface area contributed by atoms with Crippen LogP contribution in [0, 0.1) is 5.41 Å². The maximum atomic E-state index is 11.9. The molecule has 0 heterocycles. The summed E-state index contributed by atoms with van der Waals surface area (Å²) < 4.78 is 0. The molecule has 21 heavy (non-hydrogen) atoms. The minimum Gasteiger partial charge on any atom is -0.481 e. The van der Waals surface area contributed by atoms with Crippen LogP contribution in [-0.2, 0) is 11.2 Å². The third-order valence-corrected chi connectivity index (χ3v) is 3.27. The third-order valence-electron chi connectivity index (χ3n) is 3.27. The summed E-state index contributed by atoms with van der Waals surface area (Å²) >= 11 is 0. The SMILES string of the molecule is CC(C)(C)C(CC(=O)O)NC(=O)NCCc1ccccc1. The summed E-state index contributed by atoms with van der Waals surface area (Å²) in [7, 11) is 0. The highest BCUT2D eigenvalue weighted by Gasteiger charge is 2.28. The number of carbonyl (C=O) groups excluding carboxylic acids is 1. The zero-order valence-electron chi connectivity index (χ0n) is 12.8. The normalized spacial score (nSPS) is 12.5. The summed E-state index contributed by atoms with van der Waals surface area (Å²) in [5.74, 6) is -0.917. The van der Waals surface area contributed by atoms with E-state index in [0.717, 1.165) is 12.0 Å². The molecule has 1 unspecified atom stereocenters. The van der Waals surface area contributed by atoms with Gasteiger partial charge in [-0.25, -0.2) is 4.79 Å². The van der Waals surface area contributed by atoms with Crippen LogP contribution < -0.4 is 10.6 Å². The summed E-state index contributed by atoms with van der Waals surface area (Å²) in [5, 5.41) is 14.4. The molecule has 0 aliphatic rings. The van der Waals surface area contributed by atoms with Crippen molar-refractivity contribution in [3.05, 3.63) is 35.9 Å². The molecule has 0 spiro atoms. The first-order valence-electron chi connectivity index (χ1n) is 7.09. The lowest BCUT2D eigenvalue weighted by Gasteiger charge is -2.30. The molecule has 2 amide bonds. The van der Waals surface area contributed by atoms with Crippen molar-refractivity contribution in [3.63, 3.8) is 0 Å². The third kappa shape index (κ3) is 6.79. The van der Waals surface area contributed by atoms with Crippen molar-refractivity contribution in [2.45, 2.75) is 39.7 Å². The van der Waals surface area contributed by atoms with Gasteiger partial charge in [0.05, 0.1) is 6.42 Å². The second kappa shape index (κ2) is 7.67. The summed E-state index contributed by atoms with van der Waals surface area (Å²) in [5.41, 5.74) is 0.838. The maximum absolute atomic E-state index is 11.9. The van der Waals surface area contributed by atoms with E-state index in [0.29, 0.717) is 6.54 Å². The Labute approximate surface area is 125 Å². The molecule has 116 valence electrons. The monoisotopic (exact) mass is 292 g/mol. The second-order valence-corrected chi connectivity index (χ2v) is 6.15. The molecule has 0 aliphatic carbocycles. The van der Waals surface area contributed by atoms with Gasteiger partial charge in [0.1, 0.15) is 0 Å². The molecule has 0 saturated carbocycles. The molecule has 0 fully saturated rings. The molecule has 0 aliphatic heterocycles. The molecule has 0 bridgehead atoms. The van der Waals surface area contributed by atoms with Gasteiger partial charge in [-0.15, -0.1) is 0 Å². The predicted molar refractivity (Wildman–Crippen MR) is 82.2 cm³/mol. The van der Waals surface area contributed by atoms with E-state index in [9.17, 15) is 9.59 Å². The molecular weight excluding hydrogens is 268 g/mol. The quantitative estimate of drug-likeness (QED) is 0.753. The van der Waals surface area contributed by atoms with Gasteiger partial charge in [-0.1, -0.05) is 51.1 Å². The molecule has 5 heteroatoms. The smallest absolute Gasteiger partial charge is 0.315 e. The van der Waals surface area contributed by atoms with Crippen LogP contribution in [0.1, 0.15) is 32.8 Å². The Kier molecular flexibility index (Phi) is 6.21. The number of urea groups is 1. The first kappa shape index (κ1) is 17.0. The summed E-state index contributed by atoms with van der Waals surface area (Å²) in [6.45, 7) is 6.24. The van der Waals surface area contributed by atoms with Gasteiger partial charge in [-0.2, -0.15) is 0 Å². The van der Waals surface area contributed by atoms with Crippen molar-refractivity contribution < 1.29 is 14.7 Å². The van der Waals surface area contributed by atoms with Crippen molar-refractivity contribution in [2.75, 3.05) is 6.54 Å². The predicted octanol–water partition coefficient (Wildman–Crippen LogP) is 2.42. The van der Waals surface area contributed by atoms with Crippen LogP contribution in [0.15, 0.2) is 30.3 Å². The first-order chi connectivity index (χ1) is 9.79. The standard InChI is InChI=1S/C16H24N2O3/c1-16(2,3)13(11-14(19)20)18-15(21)17-10-9-12-7-5-4-6-8-12/h4-8,13H,9-11H2,1-3H3,(H,19,20)(H2,17,18,21). The Bertz CT molecular complexity index is 466. The Morgan fingerprint density at radius 2 is 1.81 bits per heavy atom. The van der Waals surface area contributed by atoms with Crippen LogP contribution in [0.2, 0.25) is 0 Å². The number of amides is 2. The van der Waals surface area contributed by atoms with Gasteiger partial charge in [-0.3, -0.25) is 4.79 Å². The average molecular weight is 292 g/mol. The number of carboxylic acid groups (broad SMARTS) is 1. The van der Waals surface area contributed by atoms with Crippen molar-refractivity contribution in [1.82, 2.24) is 10.6 Å². The van der Waals surface area contributed by atoms with Gasteiger partial charge < -0.3 is 15.7 Å². The zero-order valence-corrected chi connectivity index (χ0v) is 12.8. The Morgan fingerprint density at radius 1 is 1.19 bits per heavy atom. The van der Waals surface area contributed by atoms with E-state index in [1.54, 1.807) is 0 Å². The molecule has 1 aromatic rings. The largest absolute Gasteiger partial charge is 0.481 e. The van der Waals surface area contributed by atoms with E-state index in [1.165, 1.54) is 0 Å². The van der Waals surface area contributed by atoms with Crippen molar-refractivity contribution in [2.24, 2.45) is 5.41 Å². The fraction of sp³-hybridized carbons (Fsp3) is 0.500. The molecule has 1 rings (SSSR count). The first-order valence-corrected chi connectivity index (χ1v) is 7.09. The zero-order chi connectivity index (χ0) is 15.9. The summed E-state index contributed by atoms with van der Waals surface area (Å²) in [6.07, 6.45) is 0.656. The Hall–Kier alpha value is -2.04. The fourth-order valence-electron chi connectivity index (χ4n) is 1.92. The highest BCUT2D eigenvalue weighted by Crippen LogP contribution is 2.21. The number of hydrogen-bond acceptors (Lipinski definition) is 2. The van der Waals surface area contributed by atoms with Crippen LogP contribution in [0.5, 0.6) is 0 Å². The van der Waals surface area contributed by atoms with E-state index >= 15 is 0 Å². The lowest BCUT2D eigenvalue weighted by atomic mass is 9.85. The van der Waals surface area contributed by atoms with Crippen LogP contribution in [0.3, 0.4) is 0 Å². The van der Waals surface area contributed by atoms with E-state index in [2.05, 4.69) is 10.6 Å². The molecule has 5 nitrogen and oxygen atoms in total. The van der Waals surface area contributed by atoms with E-state index < -0.39 is 12.0 Å². The van der Waals surface area contributed by atoms with Gasteiger partial charge in [0.15, 0.2) is 0 Å². The van der Waals surface area contributed by atoms with Gasteiger partial charge in [0, 0.05) is 12.6 Å². The highest BCUT2D eigenvalue weighted by atomic mass is 16.4. The van der Waals surface area contributed by atoms with Gasteiger partial charge >= 0.3 is 12.0 Å². The second-order valence-electron chi connectivity index (χ2n) is 6.15. The van der Waals surface area contributed by atoms with Crippen LogP contribution in [-0.4, -0.2) is 29.7 Å². The Morgan fingerprint density at radius 3 is 2.33 bits per heavy atom. The maximum Gasteiger partial charge on any atom is 0.315 e. The fourth-order valence-corrected chi connectivity index (χ4v) is 1.92. The number of rotatable bonds is 6. The average Bonchev–Trinajstić information content (AvgIpc) is 2.37. The number of nitrogens with one attached hydrogen (secondary N) is 2. The minimum atomic E-state index is -0.917. The van der Waals surface area contributed by atoms with Gasteiger partial charge in [0.2, 0.25) is 0 Å². The van der Waals surface area contributed by atoms with E-state index in [1.807, 2.05) is 51.1 Å². The highest BCUT2D eigenvalue weighted by molar-refractivity contribution is 5.75. The lowest BCUT2D eigenvalue weighted by Crippen LogP contribution is -2.49. The van der Waals surface area contributed by atoms with E-state index in [4.69, 9.17) is 5.11 Å². The van der Waals surface area contributed by atoms with Gasteiger partial charge in [-0.05, 0) is 17.4 Å². The summed E-state index contributed by atoms with van der Waals surface area (Å²) in [6, 6.07) is 9.13. The van der Waals surface area contributed by atoms with Crippen LogP contribution in [0.4, 0.5) is 4.79 Å². The van der Waals surface area contributed by atoms with Crippen LogP contribution >= 0.6 is 0 Å². The number of hydrogen-bond donors (Lipinski definition) is 3. The van der Waals surface area contributed by atoms with Gasteiger partial charge in [0.25, 0.3) is 0 Å². The minimum absolute atomic E-state index is 0.0877. The number of carbonyl (C=O) groups is 2. The number of benzene rings is 1. The van der Waals surface area contributed by atoms with Crippen molar-refractivity contribution in [1.29, 1.82) is 0 Å². The molecule has 0 saturated heterocycles.